The third-order valence-corrected chi connectivity index (χ3v) is 4.95. The van der Waals surface area contributed by atoms with Crippen LogP contribution in [0.5, 0.6) is 5.75 Å². The second-order valence-electron chi connectivity index (χ2n) is 7.34. The molecular weight excluding hydrogens is 404 g/mol. The van der Waals surface area contributed by atoms with E-state index in [-0.39, 0.29) is 13.2 Å². The Labute approximate surface area is 180 Å². The zero-order chi connectivity index (χ0) is 21.7. The number of halogens is 1. The molecule has 0 spiro atoms. The molecule has 0 aliphatic carbocycles. The van der Waals surface area contributed by atoms with E-state index in [1.165, 1.54) is 0 Å². The van der Waals surface area contributed by atoms with Crippen LogP contribution < -0.4 is 4.74 Å². The maximum atomic E-state index is 13.0. The first-order valence-electron chi connectivity index (χ1n) is 9.71. The summed E-state index contributed by atoms with van der Waals surface area (Å²) in [6.45, 7) is 2.97. The number of fused-ring (bicyclic) bond motifs is 1. The molecule has 0 saturated heterocycles. The highest BCUT2D eigenvalue weighted by molar-refractivity contribution is 6.43. The average molecular weight is 429 g/mol. The van der Waals surface area contributed by atoms with Gasteiger partial charge in [-0.2, -0.15) is 0 Å². The summed E-state index contributed by atoms with van der Waals surface area (Å²) in [6.07, 6.45) is 0.658. The molecule has 2 aromatic carbocycles. The zero-order valence-electron chi connectivity index (χ0n) is 17.3. The van der Waals surface area contributed by atoms with Gasteiger partial charge in [0.05, 0.1) is 17.9 Å². The van der Waals surface area contributed by atoms with E-state index in [0.29, 0.717) is 33.8 Å². The van der Waals surface area contributed by atoms with Crippen LogP contribution in [-0.4, -0.2) is 48.9 Å². The fraction of sp³-hybridized carbons (Fsp3) is 0.304. The van der Waals surface area contributed by atoms with Crippen LogP contribution in [0.2, 0.25) is 5.02 Å². The minimum atomic E-state index is -0.856. The summed E-state index contributed by atoms with van der Waals surface area (Å²) in [5, 5.41) is 1.32. The number of H-pyrrole nitrogens is 1. The highest BCUT2D eigenvalue weighted by atomic mass is 35.5. The molecule has 0 amide bonds. The van der Waals surface area contributed by atoms with Crippen molar-refractivity contribution in [1.82, 2.24) is 9.88 Å². The molecule has 6 nitrogen and oxygen atoms in total. The Hall–Kier alpha value is -2.83. The lowest BCUT2D eigenvalue weighted by Crippen LogP contribution is -2.22. The van der Waals surface area contributed by atoms with Crippen LogP contribution >= 0.6 is 11.6 Å². The van der Waals surface area contributed by atoms with E-state index in [9.17, 15) is 9.59 Å². The van der Waals surface area contributed by atoms with E-state index >= 15 is 0 Å². The monoisotopic (exact) mass is 428 g/mol. The lowest BCUT2D eigenvalue weighted by molar-refractivity contribution is -0.138. The number of benzene rings is 2. The van der Waals surface area contributed by atoms with E-state index in [2.05, 4.69) is 4.98 Å². The minimum Gasteiger partial charge on any atom is -0.487 e. The SMILES string of the molecule is Cc1cccc2[nH]c(COc3ccc(Cl)cc3)c(C(=O)C(=O)OCCCN(C)C)c12. The molecule has 0 fully saturated rings. The number of ketones is 1. The van der Waals surface area contributed by atoms with Gasteiger partial charge < -0.3 is 19.4 Å². The maximum Gasteiger partial charge on any atom is 0.379 e. The van der Waals surface area contributed by atoms with Gasteiger partial charge in [0.2, 0.25) is 0 Å². The molecule has 0 bridgehead atoms. The summed E-state index contributed by atoms with van der Waals surface area (Å²) < 4.78 is 11.0. The first-order chi connectivity index (χ1) is 14.4. The summed E-state index contributed by atoms with van der Waals surface area (Å²) in [7, 11) is 3.88. The number of hydrogen-bond acceptors (Lipinski definition) is 5. The fourth-order valence-corrected chi connectivity index (χ4v) is 3.36. The molecule has 3 rings (SSSR count). The van der Waals surface area contributed by atoms with Crippen LogP contribution in [-0.2, 0) is 16.1 Å². The van der Waals surface area contributed by atoms with Gasteiger partial charge in [-0.15, -0.1) is 0 Å². The molecule has 1 heterocycles. The molecule has 1 N–H and O–H groups in total. The molecule has 0 aliphatic heterocycles. The highest BCUT2D eigenvalue weighted by Gasteiger charge is 2.26. The van der Waals surface area contributed by atoms with Gasteiger partial charge >= 0.3 is 5.97 Å². The number of nitrogens with one attached hydrogen (secondary N) is 1. The van der Waals surface area contributed by atoms with Crippen LogP contribution in [0.25, 0.3) is 10.9 Å². The van der Waals surface area contributed by atoms with E-state index in [4.69, 9.17) is 21.1 Å². The van der Waals surface area contributed by atoms with Gasteiger partial charge in [0.15, 0.2) is 0 Å². The summed E-state index contributed by atoms with van der Waals surface area (Å²) in [5.41, 5.74) is 2.50. The first-order valence-corrected chi connectivity index (χ1v) is 10.1. The average Bonchev–Trinajstić information content (AvgIpc) is 3.09. The largest absolute Gasteiger partial charge is 0.487 e. The Morgan fingerprint density at radius 1 is 1.10 bits per heavy atom. The number of aromatic nitrogens is 1. The normalized spacial score (nSPS) is 11.1. The number of carbonyl (C=O) groups excluding carboxylic acids is 2. The number of carbonyl (C=O) groups is 2. The molecule has 0 aliphatic rings. The third kappa shape index (κ3) is 5.20. The third-order valence-electron chi connectivity index (χ3n) is 4.70. The minimum absolute atomic E-state index is 0.102. The van der Waals surface area contributed by atoms with E-state index in [0.717, 1.165) is 17.6 Å². The quantitative estimate of drug-likeness (QED) is 0.237. The van der Waals surface area contributed by atoms with Crippen molar-refractivity contribution in [3.63, 3.8) is 0 Å². The van der Waals surface area contributed by atoms with Crippen LogP contribution in [0.4, 0.5) is 0 Å². The van der Waals surface area contributed by atoms with Crippen molar-refractivity contribution in [3.8, 4) is 5.75 Å². The Morgan fingerprint density at radius 2 is 1.83 bits per heavy atom. The van der Waals surface area contributed by atoms with Crippen molar-refractivity contribution in [3.05, 3.63) is 64.3 Å². The van der Waals surface area contributed by atoms with Crippen molar-refractivity contribution >= 4 is 34.3 Å². The molecule has 30 heavy (non-hydrogen) atoms. The lowest BCUT2D eigenvalue weighted by Gasteiger charge is -2.10. The molecular formula is C23H25ClN2O4. The van der Waals surface area contributed by atoms with Gasteiger partial charge in [0.25, 0.3) is 5.78 Å². The number of hydrogen-bond donors (Lipinski definition) is 1. The van der Waals surface area contributed by atoms with Crippen LogP contribution in [0.1, 0.15) is 28.0 Å². The number of ether oxygens (including phenoxy) is 2. The second-order valence-corrected chi connectivity index (χ2v) is 7.78. The van der Waals surface area contributed by atoms with Gasteiger partial charge in [0, 0.05) is 22.5 Å². The van der Waals surface area contributed by atoms with Crippen LogP contribution in [0, 0.1) is 6.92 Å². The Kier molecular flexibility index (Phi) is 7.13. The topological polar surface area (TPSA) is 71.6 Å². The van der Waals surface area contributed by atoms with Gasteiger partial charge in [0.1, 0.15) is 12.4 Å². The van der Waals surface area contributed by atoms with Gasteiger partial charge in [-0.05, 0) is 63.3 Å². The highest BCUT2D eigenvalue weighted by Crippen LogP contribution is 2.28. The summed E-state index contributed by atoms with van der Waals surface area (Å²) >= 11 is 5.91. The van der Waals surface area contributed by atoms with Crippen molar-refractivity contribution < 1.29 is 19.1 Å². The molecule has 0 unspecified atom stereocenters. The molecule has 3 aromatic rings. The van der Waals surface area contributed by atoms with Crippen LogP contribution in [0.15, 0.2) is 42.5 Å². The van der Waals surface area contributed by atoms with Crippen molar-refractivity contribution in [2.45, 2.75) is 20.0 Å². The number of aromatic amines is 1. The smallest absolute Gasteiger partial charge is 0.379 e. The number of rotatable bonds is 9. The van der Waals surface area contributed by atoms with Crippen molar-refractivity contribution in [2.75, 3.05) is 27.2 Å². The molecule has 0 atom stereocenters. The molecule has 0 saturated carbocycles. The van der Waals surface area contributed by atoms with Gasteiger partial charge in [-0.1, -0.05) is 23.7 Å². The van der Waals surface area contributed by atoms with E-state index < -0.39 is 11.8 Å². The Morgan fingerprint density at radius 3 is 2.53 bits per heavy atom. The van der Waals surface area contributed by atoms with Crippen molar-refractivity contribution in [2.24, 2.45) is 0 Å². The second kappa shape index (κ2) is 9.78. The molecule has 7 heteroatoms. The Balaban J connectivity index is 1.83. The van der Waals surface area contributed by atoms with Gasteiger partial charge in [-0.3, -0.25) is 4.79 Å². The zero-order valence-corrected chi connectivity index (χ0v) is 18.1. The first kappa shape index (κ1) is 21.9. The Bertz CT molecular complexity index is 1040. The van der Waals surface area contributed by atoms with E-state index in [1.54, 1.807) is 24.3 Å². The number of nitrogens with zero attached hydrogens (tertiary/aromatic N) is 1. The fourth-order valence-electron chi connectivity index (χ4n) is 3.24. The summed E-state index contributed by atoms with van der Waals surface area (Å²) in [5.74, 6) is -0.916. The predicted octanol–water partition coefficient (Wildman–Crippen LogP) is 4.39. The number of aryl methyl sites for hydroxylation is 1. The van der Waals surface area contributed by atoms with Crippen LogP contribution in [0.3, 0.4) is 0 Å². The molecule has 0 radical (unpaired) electrons. The lowest BCUT2D eigenvalue weighted by atomic mass is 10.0. The predicted molar refractivity (Wildman–Crippen MR) is 117 cm³/mol. The molecule has 158 valence electrons. The molecule has 1 aromatic heterocycles. The standard InChI is InChI=1S/C23H25ClN2O4/c1-15-6-4-7-18-20(15)21(22(27)23(28)29-13-5-12-26(2)3)19(25-18)14-30-17-10-8-16(24)9-11-17/h4,6-11,25H,5,12-14H2,1-3H3. The number of esters is 1. The van der Waals surface area contributed by atoms with Gasteiger partial charge in [-0.25, -0.2) is 4.79 Å². The summed E-state index contributed by atoms with van der Waals surface area (Å²) in [4.78, 5) is 30.7. The maximum absolute atomic E-state index is 13.0. The summed E-state index contributed by atoms with van der Waals surface area (Å²) in [6, 6.07) is 12.6. The van der Waals surface area contributed by atoms with Crippen molar-refractivity contribution in [1.29, 1.82) is 0 Å². The number of Topliss-reactive ketones (excluding diaryl/α,β-unsaturated/α-hetero) is 1. The van der Waals surface area contributed by atoms with E-state index in [1.807, 2.05) is 44.1 Å².